The van der Waals surface area contributed by atoms with Crippen molar-refractivity contribution in [2.45, 2.75) is 37.1 Å². The molecule has 32 heavy (non-hydrogen) atoms. The number of carbonyl (C=O) groups excluding carboxylic acids is 1. The maximum Gasteiger partial charge on any atom is 0.241 e. The Hall–Kier alpha value is -3.10. The third-order valence-electron chi connectivity index (χ3n) is 6.34. The largest absolute Gasteiger partial charge is 0.309 e. The highest BCUT2D eigenvalue weighted by molar-refractivity contribution is 7.89. The highest BCUT2D eigenvalue weighted by Crippen LogP contribution is 2.39. The van der Waals surface area contributed by atoms with E-state index in [0.29, 0.717) is 30.5 Å². The summed E-state index contributed by atoms with van der Waals surface area (Å²) in [6.45, 7) is 1.88. The average Bonchev–Trinajstić information content (AvgIpc) is 3.32. The Morgan fingerprint density at radius 3 is 2.56 bits per heavy atom. The molecule has 2 aromatic carbocycles. The standard InChI is InChI=1S/C24H22FN3O3S/c1-14-8-18-12-20(25)23(32(26,30)31)13-22(18)28(14)24(29)19-9-15-5-6-16(10-17(15)11-19)21-4-2-3-7-27-21/h2-7,10,12-14,19H,8-9,11H2,1H3,(H2,26,30,31). The summed E-state index contributed by atoms with van der Waals surface area (Å²) < 4.78 is 37.9. The van der Waals surface area contributed by atoms with Crippen molar-refractivity contribution in [3.05, 3.63) is 77.2 Å². The molecule has 6 nitrogen and oxygen atoms in total. The van der Waals surface area contributed by atoms with Crippen LogP contribution in [0.2, 0.25) is 0 Å². The smallest absolute Gasteiger partial charge is 0.241 e. The quantitative estimate of drug-likeness (QED) is 0.662. The van der Waals surface area contributed by atoms with E-state index >= 15 is 0 Å². The van der Waals surface area contributed by atoms with E-state index in [1.807, 2.05) is 37.3 Å². The molecule has 1 aliphatic heterocycles. The molecular weight excluding hydrogens is 429 g/mol. The lowest BCUT2D eigenvalue weighted by molar-refractivity contribution is -0.122. The van der Waals surface area contributed by atoms with Crippen molar-refractivity contribution in [3.63, 3.8) is 0 Å². The molecule has 1 aromatic heterocycles. The fourth-order valence-corrected chi connectivity index (χ4v) is 5.46. The van der Waals surface area contributed by atoms with Gasteiger partial charge in [-0.3, -0.25) is 9.78 Å². The zero-order valence-electron chi connectivity index (χ0n) is 17.5. The van der Waals surface area contributed by atoms with Crippen molar-refractivity contribution in [2.75, 3.05) is 4.90 Å². The second-order valence-corrected chi connectivity index (χ2v) is 10.1. The van der Waals surface area contributed by atoms with E-state index < -0.39 is 20.7 Å². The number of primary sulfonamides is 1. The maximum absolute atomic E-state index is 14.3. The Morgan fingerprint density at radius 2 is 1.84 bits per heavy atom. The SMILES string of the molecule is CC1Cc2cc(F)c(S(N)(=O)=O)cc2N1C(=O)C1Cc2ccc(-c3ccccn3)cc2C1. The van der Waals surface area contributed by atoms with Gasteiger partial charge in [0.1, 0.15) is 10.7 Å². The number of hydrogen-bond acceptors (Lipinski definition) is 4. The molecule has 0 bridgehead atoms. The van der Waals surface area contributed by atoms with Gasteiger partial charge in [-0.25, -0.2) is 17.9 Å². The van der Waals surface area contributed by atoms with Crippen LogP contribution in [0.25, 0.3) is 11.3 Å². The van der Waals surface area contributed by atoms with Crippen molar-refractivity contribution in [1.82, 2.24) is 4.98 Å². The van der Waals surface area contributed by atoms with E-state index in [4.69, 9.17) is 5.14 Å². The fraction of sp³-hybridized carbons (Fsp3) is 0.250. The minimum Gasteiger partial charge on any atom is -0.309 e. The van der Waals surface area contributed by atoms with Gasteiger partial charge < -0.3 is 4.90 Å². The lowest BCUT2D eigenvalue weighted by Gasteiger charge is -2.26. The first-order chi connectivity index (χ1) is 15.2. The lowest BCUT2D eigenvalue weighted by Crippen LogP contribution is -2.40. The molecule has 2 heterocycles. The molecule has 2 aliphatic rings. The van der Waals surface area contributed by atoms with Gasteiger partial charge in [0, 0.05) is 29.4 Å². The third-order valence-corrected chi connectivity index (χ3v) is 7.27. The Kier molecular flexibility index (Phi) is 4.87. The van der Waals surface area contributed by atoms with Crippen LogP contribution in [0, 0.1) is 11.7 Å². The molecule has 0 radical (unpaired) electrons. The number of fused-ring (bicyclic) bond motifs is 2. The molecule has 0 spiro atoms. The average molecular weight is 452 g/mol. The van der Waals surface area contributed by atoms with Gasteiger partial charge in [-0.15, -0.1) is 0 Å². The topological polar surface area (TPSA) is 93.4 Å². The first-order valence-electron chi connectivity index (χ1n) is 10.4. The van der Waals surface area contributed by atoms with Gasteiger partial charge in [-0.1, -0.05) is 18.2 Å². The van der Waals surface area contributed by atoms with Crippen LogP contribution in [-0.2, 0) is 34.1 Å². The van der Waals surface area contributed by atoms with E-state index in [1.165, 1.54) is 12.1 Å². The Labute approximate surface area is 185 Å². The minimum atomic E-state index is -4.23. The van der Waals surface area contributed by atoms with Gasteiger partial charge >= 0.3 is 0 Å². The zero-order valence-corrected chi connectivity index (χ0v) is 18.3. The van der Waals surface area contributed by atoms with Crippen LogP contribution in [0.3, 0.4) is 0 Å². The summed E-state index contributed by atoms with van der Waals surface area (Å²) >= 11 is 0. The number of aromatic nitrogens is 1. The Balaban J connectivity index is 1.44. The van der Waals surface area contributed by atoms with Crippen LogP contribution in [0.4, 0.5) is 10.1 Å². The molecule has 164 valence electrons. The molecule has 1 aliphatic carbocycles. The van der Waals surface area contributed by atoms with E-state index in [0.717, 1.165) is 22.4 Å². The number of rotatable bonds is 3. The normalized spacial score (nSPS) is 19.7. The number of pyridine rings is 1. The summed E-state index contributed by atoms with van der Waals surface area (Å²) in [5.74, 6) is -1.23. The number of benzene rings is 2. The molecule has 0 fully saturated rings. The number of hydrogen-bond donors (Lipinski definition) is 1. The molecule has 8 heteroatoms. The van der Waals surface area contributed by atoms with E-state index in [9.17, 15) is 17.6 Å². The number of sulfonamides is 1. The molecule has 0 saturated carbocycles. The van der Waals surface area contributed by atoms with Gasteiger partial charge in [0.05, 0.1) is 5.69 Å². The van der Waals surface area contributed by atoms with Crippen molar-refractivity contribution in [1.29, 1.82) is 0 Å². The van der Waals surface area contributed by atoms with Gasteiger partial charge in [0.25, 0.3) is 0 Å². The first-order valence-corrected chi connectivity index (χ1v) is 12.0. The Bertz CT molecular complexity index is 1340. The summed E-state index contributed by atoms with van der Waals surface area (Å²) in [5.41, 5.74) is 5.17. The van der Waals surface area contributed by atoms with Crippen molar-refractivity contribution < 1.29 is 17.6 Å². The van der Waals surface area contributed by atoms with Gasteiger partial charge in [0.2, 0.25) is 15.9 Å². The van der Waals surface area contributed by atoms with Gasteiger partial charge in [0.15, 0.2) is 0 Å². The van der Waals surface area contributed by atoms with E-state index in [2.05, 4.69) is 11.1 Å². The van der Waals surface area contributed by atoms with Crippen molar-refractivity contribution in [3.8, 4) is 11.3 Å². The number of amides is 1. The molecule has 2 atom stereocenters. The van der Waals surface area contributed by atoms with Crippen molar-refractivity contribution in [2.24, 2.45) is 11.1 Å². The second kappa shape index (κ2) is 7.50. The summed E-state index contributed by atoms with van der Waals surface area (Å²) in [5, 5.41) is 5.17. The van der Waals surface area contributed by atoms with Crippen LogP contribution in [0.5, 0.6) is 0 Å². The number of carbonyl (C=O) groups is 1. The van der Waals surface area contributed by atoms with Crippen molar-refractivity contribution >= 4 is 21.6 Å². The number of nitrogens with zero attached hydrogens (tertiary/aromatic N) is 2. The molecule has 5 rings (SSSR count). The van der Waals surface area contributed by atoms with Crippen LogP contribution < -0.4 is 10.0 Å². The number of halogens is 1. The molecular formula is C24H22FN3O3S. The predicted octanol–water partition coefficient (Wildman–Crippen LogP) is 3.23. The third kappa shape index (κ3) is 3.49. The predicted molar refractivity (Wildman–Crippen MR) is 119 cm³/mol. The zero-order chi connectivity index (χ0) is 22.6. The minimum absolute atomic E-state index is 0.0844. The lowest BCUT2D eigenvalue weighted by atomic mass is 10.0. The summed E-state index contributed by atoms with van der Waals surface area (Å²) in [6, 6.07) is 14.1. The van der Waals surface area contributed by atoms with Crippen LogP contribution in [-0.4, -0.2) is 25.4 Å². The summed E-state index contributed by atoms with van der Waals surface area (Å²) in [4.78, 5) is 19.0. The molecule has 2 unspecified atom stereocenters. The van der Waals surface area contributed by atoms with Crippen LogP contribution in [0.1, 0.15) is 23.6 Å². The molecule has 1 amide bonds. The summed E-state index contributed by atoms with van der Waals surface area (Å²) in [6.07, 6.45) is 3.42. The highest BCUT2D eigenvalue weighted by atomic mass is 32.2. The second-order valence-electron chi connectivity index (χ2n) is 8.52. The van der Waals surface area contributed by atoms with Gasteiger partial charge in [-0.2, -0.15) is 0 Å². The van der Waals surface area contributed by atoms with Crippen LogP contribution >= 0.6 is 0 Å². The van der Waals surface area contributed by atoms with Crippen LogP contribution in [0.15, 0.2) is 59.6 Å². The molecule has 2 N–H and O–H groups in total. The molecule has 3 aromatic rings. The van der Waals surface area contributed by atoms with Gasteiger partial charge in [-0.05, 0) is 73.2 Å². The maximum atomic E-state index is 14.3. The van der Waals surface area contributed by atoms with E-state index in [-0.39, 0.29) is 17.9 Å². The fourth-order valence-electron chi connectivity index (χ4n) is 4.85. The highest BCUT2D eigenvalue weighted by Gasteiger charge is 2.38. The number of nitrogens with two attached hydrogens (primary N) is 1. The first kappa shape index (κ1) is 20.8. The Morgan fingerprint density at radius 1 is 1.06 bits per heavy atom. The monoisotopic (exact) mass is 451 g/mol. The summed E-state index contributed by atoms with van der Waals surface area (Å²) in [7, 11) is -4.23. The number of anilines is 1. The van der Waals surface area contributed by atoms with E-state index in [1.54, 1.807) is 11.1 Å². The molecule has 0 saturated heterocycles.